The van der Waals surface area contributed by atoms with Crippen LogP contribution in [0.4, 0.5) is 13.2 Å². The lowest BCUT2D eigenvalue weighted by Crippen LogP contribution is -2.52. The first kappa shape index (κ1) is 102. The molecule has 5 heterocycles. The summed E-state index contributed by atoms with van der Waals surface area (Å²) in [5.41, 5.74) is 1.06. The summed E-state index contributed by atoms with van der Waals surface area (Å²) in [6.07, 6.45) is -1.36. The standard InChI is InChI=1S/C81H106F3N18O25P/c82-80(83)39-52(41-85)101(47-80)70(110)43-92-75(116)56-17-22-87-60-7-5-54(37-58(56)60)126-34-4-2-21-90-66(106)13-11-64(79(121)122)96-77(118)62(94-69(109)19-35-123-36-24-91-67(107)15-16-72(127-51-104)100-31-29-98(46-74(114)115)26-25-97(45-73(112)113)27-28-99(30-32-100)49-124-50-103)9-14-68(108)95-63(78(119)120)10-12-65(105)89-20-1-3-33-125-55-6-8-61-59(38-55)57(18-23-88-61)76(117)93-44-71(111)102-48-81(84,128)40-53(102)42-86/h5-8,17-18,22-23,37-38,50-53,62-64,72H,1-4,9-16,19-21,24-36,39-40,43-49,128H2,(H,89,105)(H,90,106)(H,91,107)(H,92,116)(H,93,117)(H,94,109)(H,95,108)(H,96,118)(H,112,113)(H,114,115)(H,119,120)(H,121,122)/t52-,53+,62+,63-,64-,72?,81?/m1/s1. The van der Waals surface area contributed by atoms with Crippen molar-refractivity contribution in [2.75, 3.05) is 144 Å². The van der Waals surface area contributed by atoms with Crippen molar-refractivity contribution in [3.05, 3.63) is 72.1 Å². The number of aliphatic carboxylic acids is 4. The van der Waals surface area contributed by atoms with Crippen molar-refractivity contribution in [1.29, 1.82) is 10.5 Å². The molecule has 3 aliphatic rings. The van der Waals surface area contributed by atoms with Crippen molar-refractivity contribution >= 4 is 127 Å². The number of hydrogen-bond acceptors (Lipinski definition) is 29. The molecule has 3 aliphatic heterocycles. The lowest BCUT2D eigenvalue weighted by atomic mass is 10.1. The van der Waals surface area contributed by atoms with Crippen LogP contribution in [0.3, 0.4) is 0 Å². The maximum atomic E-state index is 14.6. The van der Waals surface area contributed by atoms with Gasteiger partial charge in [-0.2, -0.15) is 10.5 Å². The predicted molar refractivity (Wildman–Crippen MR) is 444 cm³/mol. The number of nitrogens with one attached hydrogen (secondary N) is 8. The van der Waals surface area contributed by atoms with Gasteiger partial charge < -0.3 is 96.4 Å². The number of amides is 10. The third-order valence-electron chi connectivity index (χ3n) is 20.7. The molecule has 12 N–H and O–H groups in total. The molecular formula is C81H106F3N18O25P. The molecule has 3 fully saturated rings. The molecule has 4 aromatic rings. The highest BCUT2D eigenvalue weighted by atomic mass is 31.0. The van der Waals surface area contributed by atoms with Crippen LogP contribution in [0, 0.1) is 22.7 Å². The van der Waals surface area contributed by atoms with E-state index in [4.69, 9.17) is 23.7 Å². The summed E-state index contributed by atoms with van der Waals surface area (Å²) < 4.78 is 70.3. The van der Waals surface area contributed by atoms with Crippen molar-refractivity contribution < 1.29 is 134 Å². The molecule has 0 saturated carbocycles. The van der Waals surface area contributed by atoms with E-state index in [9.17, 15) is 121 Å². The van der Waals surface area contributed by atoms with Crippen LogP contribution in [0.5, 0.6) is 11.5 Å². The Bertz CT molecular complexity index is 4650. The van der Waals surface area contributed by atoms with E-state index in [0.717, 1.165) is 9.80 Å². The van der Waals surface area contributed by atoms with Gasteiger partial charge in [-0.3, -0.25) is 96.7 Å². The smallest absolute Gasteiger partial charge is 0.326 e. The minimum Gasteiger partial charge on any atom is -0.494 e. The average molecular weight is 1820 g/mol. The van der Waals surface area contributed by atoms with Crippen LogP contribution in [0.25, 0.3) is 21.8 Å². The summed E-state index contributed by atoms with van der Waals surface area (Å²) in [6, 6.07) is 8.52. The van der Waals surface area contributed by atoms with E-state index < -0.39 is 202 Å². The first-order valence-corrected chi connectivity index (χ1v) is 41.8. The second kappa shape index (κ2) is 52.5. The number of benzene rings is 2. The quantitative estimate of drug-likeness (QED) is 0.0146. The number of carboxylic acids is 4. The highest BCUT2D eigenvalue weighted by molar-refractivity contribution is 7.18. The molecule has 43 nitrogen and oxygen atoms in total. The minimum absolute atomic E-state index is 0.0515. The van der Waals surface area contributed by atoms with E-state index in [-0.39, 0.29) is 168 Å². The Morgan fingerprint density at radius 2 is 0.969 bits per heavy atom. The topological polar surface area (TPSA) is 589 Å². The monoisotopic (exact) mass is 1820 g/mol. The first-order chi connectivity index (χ1) is 61.2. The number of rotatable bonds is 52. The molecule has 0 aliphatic carbocycles. The fraction of sp³-hybridized carbons (Fsp3) is 0.556. The van der Waals surface area contributed by atoms with Gasteiger partial charge in [0.25, 0.3) is 30.7 Å². The Morgan fingerprint density at radius 3 is 1.48 bits per heavy atom. The lowest BCUT2D eigenvalue weighted by Gasteiger charge is -2.35. The number of unbranched alkanes of at least 4 members (excludes halogenated alkanes) is 2. The van der Waals surface area contributed by atoms with E-state index in [1.165, 1.54) is 30.6 Å². The Hall–Kier alpha value is -12.6. The van der Waals surface area contributed by atoms with Gasteiger partial charge in [-0.05, 0) is 93.5 Å². The Kier molecular flexibility index (Phi) is 42.0. The number of likely N-dealkylation sites (tertiary alicyclic amines) is 2. The maximum Gasteiger partial charge on any atom is 0.326 e. The number of ether oxygens (including phenoxy) is 5. The number of halogens is 3. The zero-order valence-corrected chi connectivity index (χ0v) is 71.3. The van der Waals surface area contributed by atoms with Crippen molar-refractivity contribution in [3.63, 3.8) is 0 Å². The number of carboxylic acid groups (broad SMARTS) is 4. The van der Waals surface area contributed by atoms with E-state index in [2.05, 4.69) is 52.5 Å². The van der Waals surface area contributed by atoms with Gasteiger partial charge in [0.05, 0.1) is 100.0 Å². The van der Waals surface area contributed by atoms with Gasteiger partial charge in [-0.25, -0.2) is 22.8 Å². The largest absolute Gasteiger partial charge is 0.494 e. The van der Waals surface area contributed by atoms with Crippen LogP contribution < -0.4 is 52.0 Å². The van der Waals surface area contributed by atoms with Crippen molar-refractivity contribution in [2.24, 2.45) is 0 Å². The summed E-state index contributed by atoms with van der Waals surface area (Å²) >= 11 is 0. The molecule has 47 heteroatoms. The molecule has 0 radical (unpaired) electrons. The van der Waals surface area contributed by atoms with Crippen LogP contribution in [0.15, 0.2) is 60.9 Å². The number of alkyl halides is 3. The van der Waals surface area contributed by atoms with Crippen molar-refractivity contribution in [3.8, 4) is 23.6 Å². The summed E-state index contributed by atoms with van der Waals surface area (Å²) in [7, 11) is 2.00. The summed E-state index contributed by atoms with van der Waals surface area (Å²) in [5, 5.41) is 77.0. The molecule has 3 unspecified atom stereocenters. The summed E-state index contributed by atoms with van der Waals surface area (Å²) in [6.45, 7) is -1.63. The molecule has 8 atom stereocenters. The normalized spacial score (nSPS) is 17.8. The van der Waals surface area contributed by atoms with E-state index in [1.807, 2.05) is 15.3 Å². The van der Waals surface area contributed by atoms with Gasteiger partial charge in [-0.15, -0.1) is 0 Å². The van der Waals surface area contributed by atoms with E-state index in [0.29, 0.717) is 59.0 Å². The predicted octanol–water partition coefficient (Wildman–Crippen LogP) is -0.794. The lowest BCUT2D eigenvalue weighted by molar-refractivity contribution is -0.147. The molecular weight excluding hydrogens is 1710 g/mol. The van der Waals surface area contributed by atoms with Crippen LogP contribution in [0.2, 0.25) is 0 Å². The molecule has 2 aromatic carbocycles. The average Bonchev–Trinajstić information content (AvgIpc) is 0.959. The molecule has 128 heavy (non-hydrogen) atoms. The Morgan fingerprint density at radius 1 is 0.516 bits per heavy atom. The second-order valence-corrected chi connectivity index (χ2v) is 31.3. The maximum absolute atomic E-state index is 14.6. The van der Waals surface area contributed by atoms with Crippen LogP contribution in [0.1, 0.15) is 117 Å². The van der Waals surface area contributed by atoms with Crippen molar-refractivity contribution in [1.82, 2.24) is 81.9 Å². The number of fused-ring (bicyclic) bond motifs is 2. The van der Waals surface area contributed by atoms with Gasteiger partial charge in [0.2, 0.25) is 47.3 Å². The third kappa shape index (κ3) is 35.3. The zero-order valence-electron chi connectivity index (χ0n) is 70.1. The number of pyridine rings is 2. The molecule has 0 spiro atoms. The number of carbonyl (C=O) groups excluding carboxylic acids is 12. The second-order valence-electron chi connectivity index (χ2n) is 30.3. The number of nitrogens with zero attached hydrogens (tertiary/aromatic N) is 10. The van der Waals surface area contributed by atoms with Gasteiger partial charge in [0.1, 0.15) is 53.8 Å². The summed E-state index contributed by atoms with van der Waals surface area (Å²) in [4.78, 5) is 221. The molecule has 696 valence electrons. The van der Waals surface area contributed by atoms with Gasteiger partial charge in [0, 0.05) is 147 Å². The van der Waals surface area contributed by atoms with E-state index in [1.54, 1.807) is 56.0 Å². The van der Waals surface area contributed by atoms with Crippen LogP contribution in [-0.2, 0) is 81.3 Å². The zero-order chi connectivity index (χ0) is 93.3. The highest BCUT2D eigenvalue weighted by Gasteiger charge is 2.48. The molecule has 7 rings (SSSR count). The fourth-order valence-corrected chi connectivity index (χ4v) is 14.4. The van der Waals surface area contributed by atoms with Crippen LogP contribution in [-0.4, -0.2) is 348 Å². The van der Waals surface area contributed by atoms with Crippen LogP contribution >= 0.6 is 9.24 Å². The number of carbonyl (C=O) groups is 16. The number of aromatic nitrogens is 2. The summed E-state index contributed by atoms with van der Waals surface area (Å²) in [5.74, 6) is -15.4. The molecule has 3 saturated heterocycles. The Balaban J connectivity index is 0.880. The highest BCUT2D eigenvalue weighted by Crippen LogP contribution is 2.36. The molecule has 0 bridgehead atoms. The van der Waals surface area contributed by atoms with E-state index >= 15 is 0 Å². The SMILES string of the molecule is N#C[C@@H]1CC(F)(P)CN1C(=O)CNC(=O)c1ccnc2ccc(OCCCCNC(=O)CC[C@@H](NC(=O)CC[C@H](NC(=O)CCOCCNC(=O)CCC(OC=O)N3CCN(COC=O)CCN(CC(=O)O)CCN(CC(=O)O)CC3)C(=O)N[C@H](CCC(=O)NCCCCOc3ccc4nccc(C(=O)NCC(=O)N5CC(F)(F)C[C@@H]5C#N)c4c3)C(=O)O)C(=O)O)cc12. The van der Waals surface area contributed by atoms with Crippen molar-refractivity contribution in [2.45, 2.75) is 144 Å². The van der Waals surface area contributed by atoms with Gasteiger partial charge in [0.15, 0.2) is 6.23 Å². The fourth-order valence-electron chi connectivity index (χ4n) is 14.0. The van der Waals surface area contributed by atoms with Gasteiger partial charge >= 0.3 is 23.9 Å². The first-order valence-electron chi connectivity index (χ1n) is 41.2. The van der Waals surface area contributed by atoms with Gasteiger partial charge in [-0.1, -0.05) is 9.24 Å². The Labute approximate surface area is 734 Å². The number of nitriles is 2. The number of hydrogen-bond donors (Lipinski definition) is 12. The molecule has 2 aromatic heterocycles. The molecule has 10 amide bonds. The third-order valence-corrected chi connectivity index (χ3v) is 21.1. The minimum atomic E-state index is -3.25.